The summed E-state index contributed by atoms with van der Waals surface area (Å²) in [5.74, 6) is -0.717. The summed E-state index contributed by atoms with van der Waals surface area (Å²) in [7, 11) is 0. The van der Waals surface area contributed by atoms with Crippen LogP contribution in [0.1, 0.15) is 16.2 Å². The standard InChI is InChI=1S/C13H9FN4O3/c1-7-6-10(21-18-7)11(19)15-13-17-16-12(20-13)8-2-4-9(14)5-3-8/h2-6H,1H3,(H,15,17,19). The second kappa shape index (κ2) is 5.16. The van der Waals surface area contributed by atoms with Crippen LogP contribution in [-0.2, 0) is 0 Å². The fourth-order valence-corrected chi connectivity index (χ4v) is 1.61. The molecule has 0 unspecified atom stereocenters. The Kier molecular flexibility index (Phi) is 3.19. The SMILES string of the molecule is Cc1cc(C(=O)Nc2nnc(-c3ccc(F)cc3)o2)on1. The summed E-state index contributed by atoms with van der Waals surface area (Å²) in [6, 6.07) is 6.92. The number of amides is 1. The minimum Gasteiger partial charge on any atom is -0.403 e. The second-order valence-electron chi connectivity index (χ2n) is 4.21. The number of carbonyl (C=O) groups is 1. The van der Waals surface area contributed by atoms with Gasteiger partial charge in [0.25, 0.3) is 5.91 Å². The Balaban J connectivity index is 1.76. The molecule has 3 rings (SSSR count). The van der Waals surface area contributed by atoms with E-state index in [0.29, 0.717) is 11.3 Å². The molecular formula is C13H9FN4O3. The van der Waals surface area contributed by atoms with Gasteiger partial charge in [-0.2, -0.15) is 0 Å². The maximum Gasteiger partial charge on any atom is 0.322 e. The third-order valence-corrected chi connectivity index (χ3v) is 2.59. The van der Waals surface area contributed by atoms with Crippen LogP contribution in [0.15, 0.2) is 39.3 Å². The van der Waals surface area contributed by atoms with Crippen LogP contribution in [0.5, 0.6) is 0 Å². The molecule has 2 aromatic heterocycles. The number of anilines is 1. The summed E-state index contributed by atoms with van der Waals surface area (Å²) in [6.07, 6.45) is 0. The topological polar surface area (TPSA) is 94.1 Å². The minimum absolute atomic E-state index is 0.0361. The molecule has 0 aliphatic carbocycles. The van der Waals surface area contributed by atoms with Crippen molar-refractivity contribution < 1.29 is 18.1 Å². The van der Waals surface area contributed by atoms with Crippen LogP contribution in [0, 0.1) is 12.7 Å². The number of rotatable bonds is 3. The average Bonchev–Trinajstić information content (AvgIpc) is 3.09. The van der Waals surface area contributed by atoms with Crippen molar-refractivity contribution in [2.75, 3.05) is 5.32 Å². The van der Waals surface area contributed by atoms with Gasteiger partial charge in [-0.05, 0) is 31.2 Å². The van der Waals surface area contributed by atoms with Crippen LogP contribution in [-0.4, -0.2) is 21.3 Å². The Morgan fingerprint density at radius 2 is 2.00 bits per heavy atom. The predicted octanol–water partition coefficient (Wildman–Crippen LogP) is 2.42. The molecule has 1 amide bonds. The van der Waals surface area contributed by atoms with Crippen LogP contribution >= 0.6 is 0 Å². The molecule has 0 saturated carbocycles. The van der Waals surface area contributed by atoms with Crippen LogP contribution in [0.25, 0.3) is 11.5 Å². The van der Waals surface area contributed by atoms with Crippen molar-refractivity contribution in [2.24, 2.45) is 0 Å². The van der Waals surface area contributed by atoms with Crippen molar-refractivity contribution in [1.29, 1.82) is 0 Å². The van der Waals surface area contributed by atoms with Crippen LogP contribution in [0.2, 0.25) is 0 Å². The van der Waals surface area contributed by atoms with E-state index in [1.807, 2.05) is 0 Å². The number of benzene rings is 1. The number of nitrogens with one attached hydrogen (secondary N) is 1. The smallest absolute Gasteiger partial charge is 0.322 e. The fourth-order valence-electron chi connectivity index (χ4n) is 1.61. The summed E-state index contributed by atoms with van der Waals surface area (Å²) in [6.45, 7) is 1.69. The molecule has 1 aromatic carbocycles. The number of aromatic nitrogens is 3. The van der Waals surface area contributed by atoms with Gasteiger partial charge >= 0.3 is 6.01 Å². The van der Waals surface area contributed by atoms with E-state index in [1.165, 1.54) is 30.3 Å². The van der Waals surface area contributed by atoms with Crippen LogP contribution in [0.3, 0.4) is 0 Å². The quantitative estimate of drug-likeness (QED) is 0.795. The Hall–Kier alpha value is -3.03. The molecule has 0 radical (unpaired) electrons. The highest BCUT2D eigenvalue weighted by Gasteiger charge is 2.16. The summed E-state index contributed by atoms with van der Waals surface area (Å²) in [5.41, 5.74) is 1.12. The van der Waals surface area contributed by atoms with E-state index < -0.39 is 5.91 Å². The summed E-state index contributed by atoms with van der Waals surface area (Å²) < 4.78 is 22.9. The lowest BCUT2D eigenvalue weighted by Gasteiger charge is -1.95. The van der Waals surface area contributed by atoms with Gasteiger partial charge in [0.2, 0.25) is 11.7 Å². The maximum absolute atomic E-state index is 12.8. The van der Waals surface area contributed by atoms with Crippen LogP contribution in [0.4, 0.5) is 10.4 Å². The second-order valence-corrected chi connectivity index (χ2v) is 4.21. The van der Waals surface area contributed by atoms with E-state index in [9.17, 15) is 9.18 Å². The van der Waals surface area contributed by atoms with Crippen molar-refractivity contribution >= 4 is 11.9 Å². The molecule has 0 aliphatic heterocycles. The first-order valence-electron chi connectivity index (χ1n) is 5.96. The first kappa shape index (κ1) is 13.0. The van der Waals surface area contributed by atoms with Crippen molar-refractivity contribution in [3.63, 3.8) is 0 Å². The monoisotopic (exact) mass is 288 g/mol. The summed E-state index contributed by atoms with van der Waals surface area (Å²) in [5, 5.41) is 13.4. The number of carbonyl (C=O) groups excluding carboxylic acids is 1. The van der Waals surface area contributed by atoms with Gasteiger partial charge in [0, 0.05) is 11.6 Å². The van der Waals surface area contributed by atoms with Gasteiger partial charge in [-0.25, -0.2) is 4.39 Å². The van der Waals surface area contributed by atoms with E-state index >= 15 is 0 Å². The van der Waals surface area contributed by atoms with E-state index in [0.717, 1.165) is 0 Å². The lowest BCUT2D eigenvalue weighted by Crippen LogP contribution is -2.11. The number of aryl methyl sites for hydroxylation is 1. The molecule has 7 nitrogen and oxygen atoms in total. The largest absolute Gasteiger partial charge is 0.403 e. The van der Waals surface area contributed by atoms with Gasteiger partial charge in [-0.3, -0.25) is 10.1 Å². The van der Waals surface area contributed by atoms with Gasteiger partial charge in [-0.15, -0.1) is 5.10 Å². The Morgan fingerprint density at radius 1 is 1.24 bits per heavy atom. The van der Waals surface area contributed by atoms with Gasteiger partial charge in [-0.1, -0.05) is 10.3 Å². The van der Waals surface area contributed by atoms with Gasteiger partial charge in [0.1, 0.15) is 5.82 Å². The first-order valence-corrected chi connectivity index (χ1v) is 5.96. The molecule has 3 aromatic rings. The molecule has 0 atom stereocenters. The molecule has 0 spiro atoms. The Morgan fingerprint density at radius 3 is 2.67 bits per heavy atom. The van der Waals surface area contributed by atoms with E-state index in [2.05, 4.69) is 20.7 Å². The Bertz CT molecular complexity index is 779. The zero-order valence-electron chi connectivity index (χ0n) is 10.8. The molecular weight excluding hydrogens is 279 g/mol. The van der Waals surface area contributed by atoms with Gasteiger partial charge in [0.05, 0.1) is 5.69 Å². The zero-order valence-corrected chi connectivity index (χ0v) is 10.8. The number of hydrogen-bond acceptors (Lipinski definition) is 6. The molecule has 8 heteroatoms. The molecule has 21 heavy (non-hydrogen) atoms. The number of hydrogen-bond donors (Lipinski definition) is 1. The third kappa shape index (κ3) is 2.78. The molecule has 0 fully saturated rings. The van der Waals surface area contributed by atoms with Crippen molar-refractivity contribution in [3.8, 4) is 11.5 Å². The maximum atomic E-state index is 12.8. The minimum atomic E-state index is -0.551. The summed E-state index contributed by atoms with van der Waals surface area (Å²) in [4.78, 5) is 11.8. The molecule has 0 saturated heterocycles. The lowest BCUT2D eigenvalue weighted by atomic mass is 10.2. The highest BCUT2D eigenvalue weighted by molar-refractivity contribution is 6.00. The van der Waals surface area contributed by atoms with Gasteiger partial charge < -0.3 is 8.94 Å². The normalized spacial score (nSPS) is 10.6. The number of halogens is 1. The molecule has 0 aliphatic rings. The number of nitrogens with zero attached hydrogens (tertiary/aromatic N) is 3. The summed E-state index contributed by atoms with van der Waals surface area (Å²) >= 11 is 0. The van der Waals surface area contributed by atoms with Crippen LogP contribution < -0.4 is 5.32 Å². The molecule has 2 heterocycles. The molecule has 0 bridgehead atoms. The van der Waals surface area contributed by atoms with Crippen molar-refractivity contribution in [1.82, 2.24) is 15.4 Å². The lowest BCUT2D eigenvalue weighted by molar-refractivity contribution is 0.0985. The molecule has 1 N–H and O–H groups in total. The fraction of sp³-hybridized carbons (Fsp3) is 0.0769. The first-order chi connectivity index (χ1) is 10.1. The highest BCUT2D eigenvalue weighted by Crippen LogP contribution is 2.20. The van der Waals surface area contributed by atoms with E-state index in [-0.39, 0.29) is 23.5 Å². The van der Waals surface area contributed by atoms with E-state index in [1.54, 1.807) is 6.92 Å². The van der Waals surface area contributed by atoms with Crippen molar-refractivity contribution in [2.45, 2.75) is 6.92 Å². The van der Waals surface area contributed by atoms with Crippen molar-refractivity contribution in [3.05, 3.63) is 47.6 Å². The zero-order chi connectivity index (χ0) is 14.8. The van der Waals surface area contributed by atoms with Gasteiger partial charge in [0.15, 0.2) is 0 Å². The molecule has 106 valence electrons. The average molecular weight is 288 g/mol. The Labute approximate surface area is 117 Å². The highest BCUT2D eigenvalue weighted by atomic mass is 19.1. The predicted molar refractivity (Wildman–Crippen MR) is 68.9 cm³/mol. The van der Waals surface area contributed by atoms with E-state index in [4.69, 9.17) is 8.94 Å². The third-order valence-electron chi connectivity index (χ3n) is 2.59.